The van der Waals surface area contributed by atoms with Crippen LogP contribution in [-0.4, -0.2) is 48.4 Å². The van der Waals surface area contributed by atoms with E-state index in [1.54, 1.807) is 0 Å². The molecule has 1 aromatic carbocycles. The predicted molar refractivity (Wildman–Crippen MR) is 114 cm³/mol. The normalized spacial score (nSPS) is 15.6. The minimum atomic E-state index is -0.384. The van der Waals surface area contributed by atoms with E-state index >= 15 is 0 Å². The second kappa shape index (κ2) is 12.0. The lowest BCUT2D eigenvalue weighted by atomic mass is 9.81. The van der Waals surface area contributed by atoms with Crippen LogP contribution in [0.5, 0.6) is 0 Å². The van der Waals surface area contributed by atoms with Gasteiger partial charge < -0.3 is 10.6 Å². The number of hydrogen-bond donors (Lipinski definition) is 1. The van der Waals surface area contributed by atoms with Gasteiger partial charge in [0.15, 0.2) is 0 Å². The first-order valence-electron chi connectivity index (χ1n) is 9.01. The fraction of sp³-hybridized carbons (Fsp3) is 0.632. The first-order valence-corrected chi connectivity index (χ1v) is 9.38. The predicted octanol–water partition coefficient (Wildman–Crippen LogP) is 3.98. The summed E-state index contributed by atoms with van der Waals surface area (Å²) in [7, 11) is 0. The highest BCUT2D eigenvalue weighted by atomic mass is 35.5. The fourth-order valence-electron chi connectivity index (χ4n) is 3.44. The molecular weight excluding hydrogens is 393 g/mol. The molecule has 0 saturated carbocycles. The van der Waals surface area contributed by atoms with Crippen LogP contribution in [-0.2, 0) is 11.3 Å². The van der Waals surface area contributed by atoms with Crippen LogP contribution in [0, 0.1) is 5.41 Å². The van der Waals surface area contributed by atoms with Crippen LogP contribution in [0.2, 0.25) is 5.02 Å². The van der Waals surface area contributed by atoms with Crippen LogP contribution in [0.15, 0.2) is 24.3 Å². The summed E-state index contributed by atoms with van der Waals surface area (Å²) in [5.74, 6) is 0.239. The van der Waals surface area contributed by atoms with Gasteiger partial charge in [-0.25, -0.2) is 0 Å². The van der Waals surface area contributed by atoms with Crippen molar-refractivity contribution in [2.45, 2.75) is 39.7 Å². The van der Waals surface area contributed by atoms with Crippen LogP contribution in [0.4, 0.5) is 0 Å². The topological polar surface area (TPSA) is 49.6 Å². The maximum absolute atomic E-state index is 13.0. The van der Waals surface area contributed by atoms with E-state index in [-0.39, 0.29) is 36.1 Å². The van der Waals surface area contributed by atoms with Crippen molar-refractivity contribution in [3.05, 3.63) is 34.9 Å². The van der Waals surface area contributed by atoms with Crippen molar-refractivity contribution in [1.29, 1.82) is 0 Å². The Balaban J connectivity index is 0.00000312. The highest BCUT2D eigenvalue weighted by Crippen LogP contribution is 2.28. The van der Waals surface area contributed by atoms with E-state index in [1.807, 2.05) is 17.0 Å². The summed E-state index contributed by atoms with van der Waals surface area (Å²) < 4.78 is 0. The summed E-state index contributed by atoms with van der Waals surface area (Å²) in [5, 5.41) is 0.767. The van der Waals surface area contributed by atoms with Gasteiger partial charge in [-0.3, -0.25) is 9.69 Å². The third-order valence-corrected chi connectivity index (χ3v) is 5.65. The molecule has 7 heteroatoms. The van der Waals surface area contributed by atoms with Crippen molar-refractivity contribution in [3.63, 3.8) is 0 Å². The van der Waals surface area contributed by atoms with Crippen molar-refractivity contribution in [2.75, 3.05) is 32.7 Å². The molecule has 1 amide bonds. The van der Waals surface area contributed by atoms with Gasteiger partial charge in [0.05, 0.1) is 5.41 Å². The summed E-state index contributed by atoms with van der Waals surface area (Å²) in [6, 6.07) is 8.01. The van der Waals surface area contributed by atoms with Gasteiger partial charge in [-0.05, 0) is 37.0 Å². The zero-order chi connectivity index (χ0) is 17.6. The highest BCUT2D eigenvalue weighted by Gasteiger charge is 2.37. The molecule has 0 unspecified atom stereocenters. The molecule has 4 nitrogen and oxygen atoms in total. The van der Waals surface area contributed by atoms with Crippen LogP contribution >= 0.6 is 36.4 Å². The summed E-state index contributed by atoms with van der Waals surface area (Å²) in [4.78, 5) is 17.4. The second-order valence-electron chi connectivity index (χ2n) is 6.74. The van der Waals surface area contributed by atoms with Crippen molar-refractivity contribution in [2.24, 2.45) is 11.1 Å². The summed E-state index contributed by atoms with van der Waals surface area (Å²) in [5.41, 5.74) is 6.83. The molecule has 0 spiro atoms. The van der Waals surface area contributed by atoms with E-state index in [0.29, 0.717) is 6.54 Å². The molecule has 0 atom stereocenters. The molecular formula is C19H32Cl3N3O. The molecule has 2 rings (SSSR count). The minimum absolute atomic E-state index is 0. The highest BCUT2D eigenvalue weighted by molar-refractivity contribution is 6.30. The lowest BCUT2D eigenvalue weighted by Crippen LogP contribution is -2.48. The van der Waals surface area contributed by atoms with E-state index in [9.17, 15) is 4.79 Å². The Hall–Kier alpha value is -0.520. The van der Waals surface area contributed by atoms with Crippen molar-refractivity contribution < 1.29 is 4.79 Å². The first-order chi connectivity index (χ1) is 11.5. The Morgan fingerprint density at radius 2 is 1.69 bits per heavy atom. The average molecular weight is 425 g/mol. The van der Waals surface area contributed by atoms with Crippen LogP contribution in [0.3, 0.4) is 0 Å². The number of hydrogen-bond acceptors (Lipinski definition) is 3. The van der Waals surface area contributed by atoms with Crippen LogP contribution in [0.1, 0.15) is 38.7 Å². The summed E-state index contributed by atoms with van der Waals surface area (Å²) >= 11 is 5.95. The molecule has 1 aliphatic rings. The zero-order valence-corrected chi connectivity index (χ0v) is 18.1. The van der Waals surface area contributed by atoms with E-state index in [2.05, 4.69) is 30.9 Å². The Bertz CT molecular complexity index is 527. The fourth-order valence-corrected chi connectivity index (χ4v) is 3.57. The van der Waals surface area contributed by atoms with Crippen molar-refractivity contribution >= 4 is 42.3 Å². The number of amides is 1. The third kappa shape index (κ3) is 6.28. The number of nitrogens with two attached hydrogens (primary N) is 1. The molecule has 0 aliphatic carbocycles. The molecule has 0 aromatic heterocycles. The third-order valence-electron chi connectivity index (χ3n) is 5.39. The van der Waals surface area contributed by atoms with Gasteiger partial charge >= 0.3 is 0 Å². The summed E-state index contributed by atoms with van der Waals surface area (Å²) in [6.07, 6.45) is 2.63. The molecule has 1 heterocycles. The molecule has 1 fully saturated rings. The average Bonchev–Trinajstić information content (AvgIpc) is 2.84. The van der Waals surface area contributed by atoms with Gasteiger partial charge in [0.25, 0.3) is 0 Å². The SMILES string of the molecule is CCC(CC)(CN)C(=O)N1CCCN(Cc2ccc(Cl)cc2)CC1.Cl.Cl. The molecule has 26 heavy (non-hydrogen) atoms. The van der Waals surface area contributed by atoms with Crippen molar-refractivity contribution in [1.82, 2.24) is 9.80 Å². The molecule has 0 radical (unpaired) electrons. The maximum atomic E-state index is 13.0. The molecule has 0 bridgehead atoms. The number of carbonyl (C=O) groups is 1. The van der Waals surface area contributed by atoms with Gasteiger partial charge in [0, 0.05) is 44.3 Å². The Morgan fingerprint density at radius 3 is 2.23 bits per heavy atom. The Labute approximate surface area is 175 Å². The molecule has 1 aromatic rings. The quantitative estimate of drug-likeness (QED) is 0.751. The maximum Gasteiger partial charge on any atom is 0.230 e. The van der Waals surface area contributed by atoms with Gasteiger partial charge in [-0.15, -0.1) is 24.8 Å². The van der Waals surface area contributed by atoms with Gasteiger partial charge in [0.2, 0.25) is 5.91 Å². The van der Waals surface area contributed by atoms with Crippen LogP contribution in [0.25, 0.3) is 0 Å². The number of halogens is 3. The van der Waals surface area contributed by atoms with Crippen molar-refractivity contribution in [3.8, 4) is 0 Å². The molecule has 2 N–H and O–H groups in total. The Kier molecular flexibility index (Phi) is 11.8. The number of benzene rings is 1. The standard InChI is InChI=1S/C19H30ClN3O.2ClH/c1-3-19(4-2,15-21)18(24)23-11-5-10-22(12-13-23)14-16-6-8-17(20)9-7-16;;/h6-9H,3-5,10-15,21H2,1-2H3;2*1H. The van der Waals surface area contributed by atoms with Gasteiger partial charge in [-0.2, -0.15) is 0 Å². The first kappa shape index (κ1) is 25.5. The lowest BCUT2D eigenvalue weighted by molar-refractivity contribution is -0.142. The van der Waals surface area contributed by atoms with Gasteiger partial charge in [-0.1, -0.05) is 37.6 Å². The minimum Gasteiger partial charge on any atom is -0.341 e. The summed E-state index contributed by atoms with van der Waals surface area (Å²) in [6.45, 7) is 9.01. The largest absolute Gasteiger partial charge is 0.341 e. The van der Waals surface area contributed by atoms with E-state index < -0.39 is 0 Å². The number of nitrogens with zero attached hydrogens (tertiary/aromatic N) is 2. The van der Waals surface area contributed by atoms with Crippen LogP contribution < -0.4 is 5.73 Å². The molecule has 150 valence electrons. The molecule has 1 aliphatic heterocycles. The smallest absolute Gasteiger partial charge is 0.230 e. The van der Waals surface area contributed by atoms with Gasteiger partial charge in [0.1, 0.15) is 0 Å². The Morgan fingerprint density at radius 1 is 1.08 bits per heavy atom. The van der Waals surface area contributed by atoms with E-state index in [4.69, 9.17) is 17.3 Å². The number of rotatable bonds is 6. The second-order valence-corrected chi connectivity index (χ2v) is 7.18. The van der Waals surface area contributed by atoms with E-state index in [1.165, 1.54) is 5.56 Å². The molecule has 1 saturated heterocycles. The zero-order valence-electron chi connectivity index (χ0n) is 15.7. The monoisotopic (exact) mass is 423 g/mol. The lowest BCUT2D eigenvalue weighted by Gasteiger charge is -2.34. The van der Waals surface area contributed by atoms with E-state index in [0.717, 1.165) is 57.0 Å². The number of carbonyl (C=O) groups excluding carboxylic acids is 1.